The van der Waals surface area contributed by atoms with Gasteiger partial charge < -0.3 is 10.4 Å². The molecule has 0 amide bonds. The van der Waals surface area contributed by atoms with E-state index in [1.807, 2.05) is 22.6 Å². The number of nitro groups is 1. The Bertz CT molecular complexity index is 673. The van der Waals surface area contributed by atoms with Gasteiger partial charge in [0.2, 0.25) is 0 Å². The van der Waals surface area contributed by atoms with Crippen LogP contribution in [0.15, 0.2) is 23.6 Å². The Balaban J connectivity index is 2.14. The predicted molar refractivity (Wildman–Crippen MR) is 82.2 cm³/mol. The van der Waals surface area contributed by atoms with Crippen molar-refractivity contribution in [2.24, 2.45) is 0 Å². The van der Waals surface area contributed by atoms with E-state index in [-0.39, 0.29) is 17.9 Å². The Morgan fingerprint density at radius 1 is 1.55 bits per heavy atom. The highest BCUT2D eigenvalue weighted by Crippen LogP contribution is 2.27. The van der Waals surface area contributed by atoms with E-state index in [1.165, 1.54) is 22.8 Å². The molecule has 2 rings (SSSR count). The number of carbonyl (C=O) groups is 1. The Labute approximate surface area is 130 Å². The molecule has 0 unspecified atom stereocenters. The molecule has 0 aliphatic heterocycles. The van der Waals surface area contributed by atoms with Crippen LogP contribution in [-0.4, -0.2) is 21.0 Å². The molecule has 20 heavy (non-hydrogen) atoms. The maximum atomic E-state index is 11.0. The summed E-state index contributed by atoms with van der Waals surface area (Å²) >= 11 is 3.19. The van der Waals surface area contributed by atoms with Gasteiger partial charge in [-0.05, 0) is 34.7 Å². The third kappa shape index (κ3) is 3.42. The van der Waals surface area contributed by atoms with E-state index in [4.69, 9.17) is 5.11 Å². The van der Waals surface area contributed by atoms with Crippen molar-refractivity contribution in [1.29, 1.82) is 0 Å². The molecule has 0 radical (unpaired) electrons. The molecule has 1 heterocycles. The van der Waals surface area contributed by atoms with Crippen molar-refractivity contribution in [1.82, 2.24) is 4.98 Å². The van der Waals surface area contributed by atoms with Gasteiger partial charge in [0.25, 0.3) is 5.69 Å². The molecule has 0 bridgehead atoms. The number of nitrogens with one attached hydrogen (secondary N) is 1. The third-order valence-corrected chi connectivity index (χ3v) is 3.88. The Kier molecular flexibility index (Phi) is 4.49. The second kappa shape index (κ2) is 6.13. The summed E-state index contributed by atoms with van der Waals surface area (Å²) in [5.41, 5.74) is 0.332. The topological polar surface area (TPSA) is 105 Å². The molecule has 7 nitrogen and oxygen atoms in total. The predicted octanol–water partition coefficient (Wildman–Crippen LogP) is 2.97. The zero-order chi connectivity index (χ0) is 14.7. The van der Waals surface area contributed by atoms with Crippen molar-refractivity contribution in [3.63, 3.8) is 0 Å². The molecule has 0 atom stereocenters. The first-order valence-electron chi connectivity index (χ1n) is 5.33. The van der Waals surface area contributed by atoms with E-state index in [0.29, 0.717) is 10.7 Å². The maximum absolute atomic E-state index is 11.0. The zero-order valence-electron chi connectivity index (χ0n) is 9.87. The zero-order valence-corrected chi connectivity index (χ0v) is 12.8. The first-order valence-corrected chi connectivity index (χ1v) is 7.28. The molecule has 2 aromatic rings. The van der Waals surface area contributed by atoms with Crippen LogP contribution < -0.4 is 5.32 Å². The molecule has 104 valence electrons. The lowest BCUT2D eigenvalue weighted by Gasteiger charge is -2.05. The minimum Gasteiger partial charge on any atom is -0.476 e. The number of aromatic nitrogens is 1. The van der Waals surface area contributed by atoms with Crippen LogP contribution in [0.2, 0.25) is 0 Å². The average Bonchev–Trinajstić information content (AvgIpc) is 2.86. The minimum absolute atomic E-state index is 0.0214. The number of hydrogen-bond acceptors (Lipinski definition) is 6. The largest absolute Gasteiger partial charge is 0.476 e. The van der Waals surface area contributed by atoms with Gasteiger partial charge in [0, 0.05) is 15.0 Å². The van der Waals surface area contributed by atoms with Crippen LogP contribution in [0.1, 0.15) is 15.5 Å². The van der Waals surface area contributed by atoms with Gasteiger partial charge in [-0.1, -0.05) is 0 Å². The summed E-state index contributed by atoms with van der Waals surface area (Å²) in [6, 6.07) is 4.83. The minimum atomic E-state index is -1.09. The number of thiazole rings is 1. The van der Waals surface area contributed by atoms with Crippen LogP contribution in [0, 0.1) is 13.7 Å². The van der Waals surface area contributed by atoms with E-state index >= 15 is 0 Å². The van der Waals surface area contributed by atoms with Crippen LogP contribution in [0.5, 0.6) is 0 Å². The first-order chi connectivity index (χ1) is 9.47. The molecular weight excluding hydrogens is 397 g/mol. The van der Waals surface area contributed by atoms with Crippen LogP contribution in [0.25, 0.3) is 0 Å². The van der Waals surface area contributed by atoms with E-state index in [2.05, 4.69) is 10.3 Å². The lowest BCUT2D eigenvalue weighted by Crippen LogP contribution is -2.03. The van der Waals surface area contributed by atoms with E-state index in [9.17, 15) is 14.9 Å². The van der Waals surface area contributed by atoms with Gasteiger partial charge in [0.1, 0.15) is 10.7 Å². The number of carboxylic acids is 1. The molecule has 0 fully saturated rings. The van der Waals surface area contributed by atoms with Crippen LogP contribution in [-0.2, 0) is 6.54 Å². The second-order valence-corrected chi connectivity index (χ2v) is 5.89. The first kappa shape index (κ1) is 14.7. The fourth-order valence-electron chi connectivity index (χ4n) is 1.47. The summed E-state index contributed by atoms with van der Waals surface area (Å²) in [6.45, 7) is 0.235. The van der Waals surface area contributed by atoms with Crippen molar-refractivity contribution in [3.05, 3.63) is 48.0 Å². The molecule has 1 aromatic carbocycles. The molecule has 0 saturated heterocycles. The number of nitrogens with zero attached hydrogens (tertiary/aromatic N) is 2. The number of aromatic carboxylic acids is 1. The van der Waals surface area contributed by atoms with Crippen LogP contribution in [0.3, 0.4) is 0 Å². The number of carboxylic acid groups (broad SMARTS) is 1. The maximum Gasteiger partial charge on any atom is 0.355 e. The third-order valence-electron chi connectivity index (χ3n) is 2.36. The molecule has 0 aliphatic carbocycles. The summed E-state index contributed by atoms with van der Waals surface area (Å²) in [5, 5.41) is 24.6. The van der Waals surface area contributed by atoms with E-state index in [1.54, 1.807) is 12.1 Å². The fourth-order valence-corrected chi connectivity index (χ4v) is 2.65. The van der Waals surface area contributed by atoms with Gasteiger partial charge in [-0.25, -0.2) is 9.78 Å². The van der Waals surface area contributed by atoms with Crippen LogP contribution >= 0.6 is 33.9 Å². The fraction of sp³-hybridized carbons (Fsp3) is 0.0909. The molecule has 9 heteroatoms. The highest BCUT2D eigenvalue weighted by atomic mass is 127. The SMILES string of the molecule is O=C(O)c1csc(CNc2ccc(I)cc2[N+](=O)[O-])n1. The van der Waals surface area contributed by atoms with Crippen molar-refractivity contribution < 1.29 is 14.8 Å². The van der Waals surface area contributed by atoms with Gasteiger partial charge in [0.15, 0.2) is 5.69 Å². The summed E-state index contributed by atoms with van der Waals surface area (Å²) in [6.07, 6.45) is 0. The highest BCUT2D eigenvalue weighted by Gasteiger charge is 2.15. The summed E-state index contributed by atoms with van der Waals surface area (Å²) in [5.74, 6) is -1.09. The molecule has 2 N–H and O–H groups in total. The van der Waals surface area contributed by atoms with Crippen molar-refractivity contribution >= 4 is 51.3 Å². The molecule has 0 aliphatic rings. The van der Waals surface area contributed by atoms with E-state index < -0.39 is 10.9 Å². The Morgan fingerprint density at radius 3 is 2.90 bits per heavy atom. The monoisotopic (exact) mass is 405 g/mol. The molecular formula is C11H8IN3O4S. The normalized spacial score (nSPS) is 10.2. The van der Waals surface area contributed by atoms with Gasteiger partial charge in [-0.2, -0.15) is 0 Å². The summed E-state index contributed by atoms with van der Waals surface area (Å²) in [4.78, 5) is 25.1. The smallest absolute Gasteiger partial charge is 0.355 e. The van der Waals surface area contributed by atoms with Crippen molar-refractivity contribution in [3.8, 4) is 0 Å². The van der Waals surface area contributed by atoms with Crippen molar-refractivity contribution in [2.45, 2.75) is 6.54 Å². The van der Waals surface area contributed by atoms with Gasteiger partial charge in [-0.15, -0.1) is 11.3 Å². The standard InChI is InChI=1S/C11H8IN3O4S/c12-6-1-2-7(9(3-6)15(18)19)13-4-10-14-8(5-20-10)11(16)17/h1-3,5,13H,4H2,(H,16,17). The highest BCUT2D eigenvalue weighted by molar-refractivity contribution is 14.1. The Hall–Kier alpha value is -1.75. The van der Waals surface area contributed by atoms with Gasteiger partial charge in [-0.3, -0.25) is 10.1 Å². The second-order valence-electron chi connectivity index (χ2n) is 3.70. The number of benzene rings is 1. The summed E-state index contributed by atoms with van der Waals surface area (Å²) in [7, 11) is 0. The van der Waals surface area contributed by atoms with Crippen LogP contribution in [0.4, 0.5) is 11.4 Å². The quantitative estimate of drug-likeness (QED) is 0.450. The molecule has 0 saturated carbocycles. The van der Waals surface area contributed by atoms with E-state index in [0.717, 1.165) is 3.57 Å². The number of halogens is 1. The number of hydrogen-bond donors (Lipinski definition) is 2. The van der Waals surface area contributed by atoms with Gasteiger partial charge in [0.05, 0.1) is 11.5 Å². The lowest BCUT2D eigenvalue weighted by molar-refractivity contribution is -0.384. The number of anilines is 1. The molecule has 1 aromatic heterocycles. The van der Waals surface area contributed by atoms with Crippen molar-refractivity contribution in [2.75, 3.05) is 5.32 Å². The average molecular weight is 405 g/mol. The lowest BCUT2D eigenvalue weighted by atomic mass is 10.2. The molecule has 0 spiro atoms. The van der Waals surface area contributed by atoms with Gasteiger partial charge >= 0.3 is 5.97 Å². The number of rotatable bonds is 5. The Morgan fingerprint density at radius 2 is 2.30 bits per heavy atom. The summed E-state index contributed by atoms with van der Waals surface area (Å²) < 4.78 is 0.766. The number of nitro benzene ring substituents is 1.